The fourth-order valence-corrected chi connectivity index (χ4v) is 4.65. The molecule has 1 saturated heterocycles. The number of nitrogens with one attached hydrogen (secondary N) is 1. The highest BCUT2D eigenvalue weighted by Crippen LogP contribution is 2.36. The molecule has 10 heteroatoms. The lowest BCUT2D eigenvalue weighted by molar-refractivity contribution is -0.123. The van der Waals surface area contributed by atoms with Crippen molar-refractivity contribution in [3.05, 3.63) is 96.4 Å². The monoisotopic (exact) mass is 626 g/mol. The highest BCUT2D eigenvalue weighted by atomic mass is 127. The van der Waals surface area contributed by atoms with E-state index in [1.165, 1.54) is 31.4 Å². The molecule has 3 amide bonds. The zero-order valence-corrected chi connectivity index (χ0v) is 21.9. The van der Waals surface area contributed by atoms with Crippen molar-refractivity contribution in [3.8, 4) is 11.5 Å². The number of carbonyl (C=O) groups is 2. The predicted octanol–water partition coefficient (Wildman–Crippen LogP) is 6.42. The molecule has 0 saturated carbocycles. The summed E-state index contributed by atoms with van der Waals surface area (Å²) in [7, 11) is 1.51. The Kier molecular flexibility index (Phi) is 7.83. The number of hydrogen-bond donors (Lipinski definition) is 1. The number of benzene rings is 3. The smallest absolute Gasteiger partial charge is 0.329 e. The van der Waals surface area contributed by atoms with E-state index in [9.17, 15) is 14.0 Å². The highest BCUT2D eigenvalue weighted by molar-refractivity contribution is 14.1. The third-order valence-electron chi connectivity index (χ3n) is 5.17. The van der Waals surface area contributed by atoms with Crippen molar-refractivity contribution in [1.82, 2.24) is 10.2 Å². The molecule has 4 rings (SSSR count). The lowest BCUT2D eigenvalue weighted by atomic mass is 10.1. The SMILES string of the molecule is COc1cc(/C=C2/NC(=O)N(Cc3ccc(F)cc3)C2=O)cc(I)c1OCc1ccc(Cl)cc1Cl. The summed E-state index contributed by atoms with van der Waals surface area (Å²) < 4.78 is 25.4. The molecule has 1 N–H and O–H groups in total. The maximum absolute atomic E-state index is 13.1. The number of hydrogen-bond acceptors (Lipinski definition) is 4. The van der Waals surface area contributed by atoms with Gasteiger partial charge in [0.25, 0.3) is 5.91 Å². The van der Waals surface area contributed by atoms with Gasteiger partial charge in [0.05, 0.1) is 17.2 Å². The molecule has 1 aliphatic heterocycles. The van der Waals surface area contributed by atoms with Crippen molar-refractivity contribution < 1.29 is 23.5 Å². The molecule has 35 heavy (non-hydrogen) atoms. The molecule has 0 aliphatic carbocycles. The molecule has 0 aromatic heterocycles. The standard InChI is InChI=1S/C25H18Cl2FIN2O4/c1-34-22-10-15(8-20(29)23(22)35-13-16-4-5-17(26)11-19(16)27)9-21-24(32)31(25(33)30-21)12-14-2-6-18(28)7-3-14/h2-11H,12-13H2,1H3,(H,30,33)/b21-9+. The molecule has 3 aromatic carbocycles. The van der Waals surface area contributed by atoms with Gasteiger partial charge in [0.15, 0.2) is 11.5 Å². The van der Waals surface area contributed by atoms with Crippen LogP contribution in [0.3, 0.4) is 0 Å². The topological polar surface area (TPSA) is 67.9 Å². The van der Waals surface area contributed by atoms with Gasteiger partial charge < -0.3 is 14.8 Å². The minimum Gasteiger partial charge on any atom is -0.493 e. The average molecular weight is 627 g/mol. The Labute approximate surface area is 224 Å². The molecule has 6 nitrogen and oxygen atoms in total. The first-order chi connectivity index (χ1) is 16.7. The van der Waals surface area contributed by atoms with Crippen molar-refractivity contribution in [2.75, 3.05) is 7.11 Å². The molecule has 1 heterocycles. The molecule has 0 bridgehead atoms. The van der Waals surface area contributed by atoms with Crippen LogP contribution in [0.25, 0.3) is 6.08 Å². The van der Waals surface area contributed by atoms with Crippen molar-refractivity contribution in [2.24, 2.45) is 0 Å². The van der Waals surface area contributed by atoms with E-state index in [1.807, 2.05) is 0 Å². The third-order valence-corrected chi connectivity index (χ3v) is 6.55. The number of imide groups is 1. The molecule has 180 valence electrons. The number of methoxy groups -OCH3 is 1. The number of halogens is 4. The highest BCUT2D eigenvalue weighted by Gasteiger charge is 2.33. The maximum atomic E-state index is 13.1. The van der Waals surface area contributed by atoms with E-state index < -0.39 is 17.8 Å². The van der Waals surface area contributed by atoms with Gasteiger partial charge in [0, 0.05) is 15.6 Å². The molecule has 0 atom stereocenters. The lowest BCUT2D eigenvalue weighted by Crippen LogP contribution is -2.30. The number of urea groups is 1. The first-order valence-electron chi connectivity index (χ1n) is 10.3. The van der Waals surface area contributed by atoms with E-state index in [-0.39, 0.29) is 18.8 Å². The van der Waals surface area contributed by atoms with Crippen LogP contribution >= 0.6 is 45.8 Å². The van der Waals surface area contributed by atoms with Gasteiger partial charge in [-0.2, -0.15) is 0 Å². The summed E-state index contributed by atoms with van der Waals surface area (Å²) >= 11 is 14.3. The Morgan fingerprint density at radius 3 is 2.51 bits per heavy atom. The lowest BCUT2D eigenvalue weighted by Gasteiger charge is -2.14. The normalized spacial score (nSPS) is 14.4. The number of amides is 3. The number of carbonyl (C=O) groups excluding carboxylic acids is 2. The van der Waals surface area contributed by atoms with Crippen LogP contribution in [0.2, 0.25) is 10.0 Å². The van der Waals surface area contributed by atoms with Crippen LogP contribution in [0, 0.1) is 9.39 Å². The summed E-state index contributed by atoms with van der Waals surface area (Å²) in [6.45, 7) is 0.235. The van der Waals surface area contributed by atoms with Crippen LogP contribution in [-0.4, -0.2) is 23.9 Å². The summed E-state index contributed by atoms with van der Waals surface area (Å²) in [6.07, 6.45) is 1.56. The molecular weight excluding hydrogens is 609 g/mol. The molecule has 0 unspecified atom stereocenters. The van der Waals surface area contributed by atoms with Gasteiger partial charge in [-0.05, 0) is 76.2 Å². The fourth-order valence-electron chi connectivity index (χ4n) is 3.41. The van der Waals surface area contributed by atoms with Crippen LogP contribution in [0.1, 0.15) is 16.7 Å². The average Bonchev–Trinajstić information content (AvgIpc) is 3.07. The minimum atomic E-state index is -0.549. The first kappa shape index (κ1) is 25.3. The first-order valence-corrected chi connectivity index (χ1v) is 12.1. The maximum Gasteiger partial charge on any atom is 0.329 e. The number of rotatable bonds is 7. The van der Waals surface area contributed by atoms with Crippen molar-refractivity contribution >= 4 is 63.8 Å². The van der Waals surface area contributed by atoms with Gasteiger partial charge >= 0.3 is 6.03 Å². The number of nitrogens with zero attached hydrogens (tertiary/aromatic N) is 1. The zero-order valence-electron chi connectivity index (χ0n) is 18.3. The van der Waals surface area contributed by atoms with Crippen molar-refractivity contribution in [3.63, 3.8) is 0 Å². The molecule has 3 aromatic rings. The van der Waals surface area contributed by atoms with Gasteiger partial charge in [0.1, 0.15) is 18.1 Å². The fraction of sp³-hybridized carbons (Fsp3) is 0.120. The van der Waals surface area contributed by atoms with Gasteiger partial charge in [0.2, 0.25) is 0 Å². The van der Waals surface area contributed by atoms with Crippen molar-refractivity contribution in [2.45, 2.75) is 13.2 Å². The number of ether oxygens (including phenoxy) is 2. The van der Waals surface area contributed by atoms with Crippen LogP contribution in [0.4, 0.5) is 9.18 Å². The second-order valence-corrected chi connectivity index (χ2v) is 9.57. The summed E-state index contributed by atoms with van der Waals surface area (Å²) in [5, 5.41) is 3.62. The van der Waals surface area contributed by atoms with Gasteiger partial charge in [-0.1, -0.05) is 41.4 Å². The van der Waals surface area contributed by atoms with Gasteiger partial charge in [-0.15, -0.1) is 0 Å². The quantitative estimate of drug-likeness (QED) is 0.187. The second-order valence-electron chi connectivity index (χ2n) is 7.56. The summed E-state index contributed by atoms with van der Waals surface area (Å²) in [4.78, 5) is 26.3. The molecule has 1 fully saturated rings. The minimum absolute atomic E-state index is 0.0309. The van der Waals surface area contributed by atoms with E-state index in [2.05, 4.69) is 27.9 Å². The largest absolute Gasteiger partial charge is 0.493 e. The molecule has 0 spiro atoms. The Balaban J connectivity index is 1.53. The van der Waals surface area contributed by atoms with Gasteiger partial charge in [-0.3, -0.25) is 9.69 Å². The van der Waals surface area contributed by atoms with Gasteiger partial charge in [-0.25, -0.2) is 9.18 Å². The second kappa shape index (κ2) is 10.8. The summed E-state index contributed by atoms with van der Waals surface area (Å²) in [5.41, 5.74) is 2.15. The van der Waals surface area contributed by atoms with Crippen LogP contribution in [0.15, 0.2) is 60.3 Å². The van der Waals surface area contributed by atoms with Crippen LogP contribution in [0.5, 0.6) is 11.5 Å². The van der Waals surface area contributed by atoms with Crippen LogP contribution in [-0.2, 0) is 17.9 Å². The molecule has 0 radical (unpaired) electrons. The van der Waals surface area contributed by atoms with E-state index in [4.69, 9.17) is 32.7 Å². The van der Waals surface area contributed by atoms with E-state index in [1.54, 1.807) is 36.4 Å². The third kappa shape index (κ3) is 5.88. The predicted molar refractivity (Wildman–Crippen MR) is 140 cm³/mol. The Morgan fingerprint density at radius 2 is 1.83 bits per heavy atom. The van der Waals surface area contributed by atoms with Crippen molar-refractivity contribution in [1.29, 1.82) is 0 Å². The Hall–Kier alpha value is -2.82. The Morgan fingerprint density at radius 1 is 1.09 bits per heavy atom. The molecule has 1 aliphatic rings. The Bertz CT molecular complexity index is 1330. The van der Waals surface area contributed by atoms with Crippen LogP contribution < -0.4 is 14.8 Å². The van der Waals surface area contributed by atoms with E-state index in [0.29, 0.717) is 32.7 Å². The van der Waals surface area contributed by atoms with E-state index in [0.717, 1.165) is 14.0 Å². The zero-order chi connectivity index (χ0) is 25.1. The summed E-state index contributed by atoms with van der Waals surface area (Å²) in [6, 6.07) is 13.7. The van der Waals surface area contributed by atoms with E-state index >= 15 is 0 Å². The molecular formula is C25H18Cl2FIN2O4. The summed E-state index contributed by atoms with van der Waals surface area (Å²) in [5.74, 6) is 0.0968.